The molecular formula is C20H24N2O3S2. The standard InChI is InChI=1S/C20H24N2O3S2/c1-14(18(24)21-11-6-5-9-16(21)10-12-23)22-19(25)17(27-20(22)26)13-15-7-3-2-4-8-15/h2-4,7-8,13-14,16,23H,5-6,9-12H2,1H3/b17-13+. The number of thioether (sulfide) groups is 1. The predicted molar refractivity (Wildman–Crippen MR) is 112 cm³/mol. The maximum atomic E-state index is 13.1. The summed E-state index contributed by atoms with van der Waals surface area (Å²) < 4.78 is 0.416. The van der Waals surface area contributed by atoms with Crippen molar-refractivity contribution in [3.05, 3.63) is 40.8 Å². The van der Waals surface area contributed by atoms with E-state index in [1.807, 2.05) is 41.3 Å². The number of nitrogens with zero attached hydrogens (tertiary/aromatic N) is 2. The summed E-state index contributed by atoms with van der Waals surface area (Å²) in [5.74, 6) is -0.309. The van der Waals surface area contributed by atoms with Crippen molar-refractivity contribution < 1.29 is 14.7 Å². The van der Waals surface area contributed by atoms with E-state index in [2.05, 4.69) is 0 Å². The quantitative estimate of drug-likeness (QED) is 0.604. The zero-order valence-electron chi connectivity index (χ0n) is 15.3. The molecule has 2 heterocycles. The molecular weight excluding hydrogens is 380 g/mol. The Balaban J connectivity index is 1.76. The number of hydrogen-bond donors (Lipinski definition) is 1. The van der Waals surface area contributed by atoms with Gasteiger partial charge >= 0.3 is 0 Å². The number of aliphatic hydroxyl groups excluding tert-OH is 1. The number of thiocarbonyl (C=S) groups is 1. The molecule has 2 fully saturated rings. The number of benzene rings is 1. The third kappa shape index (κ3) is 4.42. The number of rotatable bonds is 5. The summed E-state index contributed by atoms with van der Waals surface area (Å²) in [5.41, 5.74) is 0.927. The minimum atomic E-state index is -0.640. The largest absolute Gasteiger partial charge is 0.396 e. The lowest BCUT2D eigenvalue weighted by molar-refractivity contribution is -0.142. The zero-order valence-corrected chi connectivity index (χ0v) is 17.0. The molecule has 1 aromatic rings. The zero-order chi connectivity index (χ0) is 19.4. The summed E-state index contributed by atoms with van der Waals surface area (Å²) >= 11 is 6.64. The minimum Gasteiger partial charge on any atom is -0.396 e. The van der Waals surface area contributed by atoms with Crippen LogP contribution in [0.5, 0.6) is 0 Å². The molecule has 27 heavy (non-hydrogen) atoms. The first kappa shape index (κ1) is 20.0. The van der Waals surface area contributed by atoms with E-state index >= 15 is 0 Å². The molecule has 0 radical (unpaired) electrons. The van der Waals surface area contributed by atoms with Crippen LogP contribution in [0.4, 0.5) is 0 Å². The van der Waals surface area contributed by atoms with Gasteiger partial charge in [0.05, 0.1) is 4.91 Å². The second kappa shape index (κ2) is 8.99. The van der Waals surface area contributed by atoms with Crippen molar-refractivity contribution >= 4 is 46.2 Å². The maximum Gasteiger partial charge on any atom is 0.266 e. The van der Waals surface area contributed by atoms with Crippen LogP contribution in [0.1, 0.15) is 38.2 Å². The summed E-state index contributed by atoms with van der Waals surface area (Å²) in [7, 11) is 0. The molecule has 0 saturated carbocycles. The molecule has 0 bridgehead atoms. The number of carbonyl (C=O) groups excluding carboxylic acids is 2. The lowest BCUT2D eigenvalue weighted by atomic mass is 9.98. The molecule has 2 unspecified atom stereocenters. The maximum absolute atomic E-state index is 13.1. The molecule has 0 aliphatic carbocycles. The van der Waals surface area contributed by atoms with Gasteiger partial charge in [0.15, 0.2) is 0 Å². The van der Waals surface area contributed by atoms with Crippen molar-refractivity contribution in [2.75, 3.05) is 13.2 Å². The number of aliphatic hydroxyl groups is 1. The molecule has 2 aliphatic heterocycles. The fourth-order valence-corrected chi connectivity index (χ4v) is 5.02. The van der Waals surface area contributed by atoms with E-state index in [-0.39, 0.29) is 24.5 Å². The Kier molecular flexibility index (Phi) is 6.68. The van der Waals surface area contributed by atoms with Crippen molar-refractivity contribution in [3.63, 3.8) is 0 Å². The number of hydrogen-bond acceptors (Lipinski definition) is 5. The molecule has 2 saturated heterocycles. The van der Waals surface area contributed by atoms with E-state index in [0.29, 0.717) is 22.2 Å². The van der Waals surface area contributed by atoms with E-state index in [0.717, 1.165) is 24.8 Å². The first-order valence-corrected chi connectivity index (χ1v) is 10.5. The average molecular weight is 405 g/mol. The van der Waals surface area contributed by atoms with Crippen LogP contribution >= 0.6 is 24.0 Å². The Morgan fingerprint density at radius 3 is 2.81 bits per heavy atom. The Morgan fingerprint density at radius 1 is 1.37 bits per heavy atom. The van der Waals surface area contributed by atoms with Gasteiger partial charge in [-0.3, -0.25) is 14.5 Å². The second-order valence-electron chi connectivity index (χ2n) is 6.83. The molecule has 0 spiro atoms. The van der Waals surface area contributed by atoms with Crippen LogP contribution in [-0.4, -0.2) is 56.3 Å². The van der Waals surface area contributed by atoms with Crippen LogP contribution in [0.25, 0.3) is 6.08 Å². The van der Waals surface area contributed by atoms with Crippen molar-refractivity contribution in [2.45, 2.75) is 44.7 Å². The van der Waals surface area contributed by atoms with E-state index in [4.69, 9.17) is 12.2 Å². The second-order valence-corrected chi connectivity index (χ2v) is 8.51. The van der Waals surface area contributed by atoms with Gasteiger partial charge < -0.3 is 10.0 Å². The Labute approximate surface area is 169 Å². The van der Waals surface area contributed by atoms with Crippen LogP contribution in [-0.2, 0) is 9.59 Å². The van der Waals surface area contributed by atoms with Crippen molar-refractivity contribution in [2.24, 2.45) is 0 Å². The topological polar surface area (TPSA) is 60.9 Å². The Hall–Kier alpha value is -1.70. The lowest BCUT2D eigenvalue weighted by Gasteiger charge is -2.38. The van der Waals surface area contributed by atoms with Gasteiger partial charge in [-0.05, 0) is 44.2 Å². The van der Waals surface area contributed by atoms with Gasteiger partial charge in [0, 0.05) is 19.2 Å². The highest BCUT2D eigenvalue weighted by atomic mass is 32.2. The van der Waals surface area contributed by atoms with Gasteiger partial charge in [-0.15, -0.1) is 0 Å². The highest BCUT2D eigenvalue weighted by Gasteiger charge is 2.40. The monoisotopic (exact) mass is 404 g/mol. The highest BCUT2D eigenvalue weighted by Crippen LogP contribution is 2.34. The minimum absolute atomic E-state index is 0.0389. The average Bonchev–Trinajstić information content (AvgIpc) is 2.95. The number of piperidine rings is 1. The number of likely N-dealkylation sites (tertiary alicyclic amines) is 1. The van der Waals surface area contributed by atoms with Crippen LogP contribution < -0.4 is 0 Å². The van der Waals surface area contributed by atoms with E-state index in [1.165, 1.54) is 16.7 Å². The molecule has 2 atom stereocenters. The summed E-state index contributed by atoms with van der Waals surface area (Å²) in [5, 5.41) is 9.29. The molecule has 0 aromatic heterocycles. The molecule has 2 aliphatic rings. The summed E-state index contributed by atoms with van der Waals surface area (Å²) in [6, 6.07) is 9.00. The summed E-state index contributed by atoms with van der Waals surface area (Å²) in [4.78, 5) is 29.8. The van der Waals surface area contributed by atoms with Crippen molar-refractivity contribution in [1.29, 1.82) is 0 Å². The highest BCUT2D eigenvalue weighted by molar-refractivity contribution is 8.26. The Bertz CT molecular complexity index is 749. The molecule has 7 heteroatoms. The fraction of sp³-hybridized carbons (Fsp3) is 0.450. The van der Waals surface area contributed by atoms with Gasteiger partial charge in [0.25, 0.3) is 5.91 Å². The van der Waals surface area contributed by atoms with Crippen LogP contribution in [0.2, 0.25) is 0 Å². The SMILES string of the molecule is CC(C(=O)N1CCCCC1CCO)N1C(=O)/C(=C\c2ccccc2)SC1=S. The van der Waals surface area contributed by atoms with Gasteiger partial charge in [-0.2, -0.15) is 0 Å². The van der Waals surface area contributed by atoms with Gasteiger partial charge in [0.1, 0.15) is 10.4 Å². The molecule has 1 aromatic carbocycles. The third-order valence-corrected chi connectivity index (χ3v) is 6.37. The normalized spacial score (nSPS) is 23.2. The Morgan fingerprint density at radius 2 is 2.11 bits per heavy atom. The summed E-state index contributed by atoms with van der Waals surface area (Å²) in [6.07, 6.45) is 5.29. The van der Waals surface area contributed by atoms with Crippen LogP contribution in [0.3, 0.4) is 0 Å². The predicted octanol–water partition coefficient (Wildman–Crippen LogP) is 3.04. The first-order valence-electron chi connectivity index (χ1n) is 9.26. The lowest BCUT2D eigenvalue weighted by Crippen LogP contribution is -2.53. The van der Waals surface area contributed by atoms with Crippen LogP contribution in [0, 0.1) is 0 Å². The van der Waals surface area contributed by atoms with Crippen LogP contribution in [0.15, 0.2) is 35.2 Å². The van der Waals surface area contributed by atoms with Crippen molar-refractivity contribution in [1.82, 2.24) is 9.80 Å². The molecule has 3 rings (SSSR count). The number of carbonyl (C=O) groups is 2. The molecule has 144 valence electrons. The smallest absolute Gasteiger partial charge is 0.266 e. The van der Waals surface area contributed by atoms with Crippen molar-refractivity contribution in [3.8, 4) is 0 Å². The summed E-state index contributed by atoms with van der Waals surface area (Å²) in [6.45, 7) is 2.47. The van der Waals surface area contributed by atoms with E-state index < -0.39 is 6.04 Å². The third-order valence-electron chi connectivity index (χ3n) is 5.04. The van der Waals surface area contributed by atoms with Gasteiger partial charge in [0.2, 0.25) is 5.91 Å². The first-order chi connectivity index (χ1) is 13.0. The van der Waals surface area contributed by atoms with E-state index in [1.54, 1.807) is 6.92 Å². The number of amides is 2. The van der Waals surface area contributed by atoms with E-state index in [9.17, 15) is 14.7 Å². The van der Waals surface area contributed by atoms with Gasteiger partial charge in [-0.1, -0.05) is 54.3 Å². The van der Waals surface area contributed by atoms with Gasteiger partial charge in [-0.25, -0.2) is 0 Å². The fourth-order valence-electron chi connectivity index (χ4n) is 3.60. The molecule has 5 nitrogen and oxygen atoms in total. The molecule has 1 N–H and O–H groups in total. The molecule has 2 amide bonds.